The van der Waals surface area contributed by atoms with E-state index in [-0.39, 0.29) is 11.7 Å². The largest absolute Gasteiger partial charge is 0.427 e. The minimum atomic E-state index is -0.274. The molecule has 25 heavy (non-hydrogen) atoms. The van der Waals surface area contributed by atoms with E-state index in [1.165, 1.54) is 11.1 Å². The lowest BCUT2D eigenvalue weighted by Crippen LogP contribution is -2.05. The average molecular weight is 338 g/mol. The predicted octanol–water partition coefficient (Wildman–Crippen LogP) is 4.75. The highest BCUT2D eigenvalue weighted by Crippen LogP contribution is 2.23. The zero-order valence-corrected chi connectivity index (χ0v) is 14.4. The van der Waals surface area contributed by atoms with Gasteiger partial charge in [0, 0.05) is 12.8 Å². The Hall–Kier alpha value is -2.62. The van der Waals surface area contributed by atoms with E-state index < -0.39 is 0 Å². The highest BCUT2D eigenvalue weighted by atomic mass is 16.5. The second-order valence-electron chi connectivity index (χ2n) is 6.10. The van der Waals surface area contributed by atoms with Crippen LogP contribution in [-0.2, 0) is 25.9 Å². The standard InChI is InChI=1S/C21H22O4/c1-16(15-17-6-10-19(23)11-7-17)18-8-12-20(13-9-18)25-21(24)5-3-2-4-14-22/h6-8,10-13H,2-5,9,15H2,1H3. The summed E-state index contributed by atoms with van der Waals surface area (Å²) in [6.07, 6.45) is 11.0. The fourth-order valence-corrected chi connectivity index (χ4v) is 2.60. The molecule has 0 fully saturated rings. The van der Waals surface area contributed by atoms with Crippen molar-refractivity contribution in [3.63, 3.8) is 0 Å². The van der Waals surface area contributed by atoms with Crippen LogP contribution in [0, 0.1) is 0 Å². The summed E-state index contributed by atoms with van der Waals surface area (Å²) in [7, 11) is 0. The van der Waals surface area contributed by atoms with Gasteiger partial charge in [-0.05, 0) is 68.0 Å². The Morgan fingerprint density at radius 1 is 1.16 bits per heavy atom. The lowest BCUT2D eigenvalue weighted by atomic mass is 9.96. The van der Waals surface area contributed by atoms with Crippen LogP contribution in [0.1, 0.15) is 44.6 Å². The molecule has 1 aromatic rings. The number of hydrogen-bond donors (Lipinski definition) is 0. The first-order valence-corrected chi connectivity index (χ1v) is 8.47. The number of carbonyl (C=O) groups excluding carboxylic acids is 2. The molecule has 130 valence electrons. The topological polar surface area (TPSA) is 63.3 Å². The van der Waals surface area contributed by atoms with Crippen molar-refractivity contribution in [2.75, 3.05) is 0 Å². The minimum absolute atomic E-state index is 0.0188. The Morgan fingerprint density at radius 2 is 1.92 bits per heavy atom. The number of carbonyl (C=O) groups is 1. The molecule has 0 saturated carbocycles. The van der Waals surface area contributed by atoms with Crippen LogP contribution in [0.2, 0.25) is 0 Å². The van der Waals surface area contributed by atoms with Crippen molar-refractivity contribution in [3.8, 4) is 5.75 Å². The van der Waals surface area contributed by atoms with Crippen molar-refractivity contribution in [3.05, 3.63) is 65.0 Å². The van der Waals surface area contributed by atoms with Crippen LogP contribution in [-0.4, -0.2) is 12.3 Å². The summed E-state index contributed by atoms with van der Waals surface area (Å²) >= 11 is 0. The van der Waals surface area contributed by atoms with Gasteiger partial charge in [0.05, 0.1) is 0 Å². The third-order valence-electron chi connectivity index (χ3n) is 4.05. The van der Waals surface area contributed by atoms with Crippen molar-refractivity contribution in [2.24, 2.45) is 0 Å². The van der Waals surface area contributed by atoms with Gasteiger partial charge in [-0.2, -0.15) is 0 Å². The van der Waals surface area contributed by atoms with Gasteiger partial charge >= 0.3 is 5.97 Å². The van der Waals surface area contributed by atoms with Crippen molar-refractivity contribution in [1.82, 2.24) is 0 Å². The van der Waals surface area contributed by atoms with E-state index in [0.717, 1.165) is 12.0 Å². The molecular weight excluding hydrogens is 316 g/mol. The van der Waals surface area contributed by atoms with Gasteiger partial charge in [-0.3, -0.25) is 14.7 Å². The zero-order valence-electron chi connectivity index (χ0n) is 14.4. The van der Waals surface area contributed by atoms with Crippen LogP contribution in [0.4, 0.5) is 0 Å². The second-order valence-corrected chi connectivity index (χ2v) is 6.10. The maximum atomic E-state index is 11.7. The smallest absolute Gasteiger partial charge is 0.311 e. The van der Waals surface area contributed by atoms with Crippen LogP contribution in [0.5, 0.6) is 5.75 Å². The maximum Gasteiger partial charge on any atom is 0.311 e. The average Bonchev–Trinajstić information content (AvgIpc) is 2.61. The predicted molar refractivity (Wildman–Crippen MR) is 95.1 cm³/mol. The molecule has 0 spiro atoms. The van der Waals surface area contributed by atoms with E-state index >= 15 is 0 Å². The first-order valence-electron chi connectivity index (χ1n) is 8.47. The van der Waals surface area contributed by atoms with Crippen molar-refractivity contribution >= 4 is 12.3 Å². The van der Waals surface area contributed by atoms with Gasteiger partial charge in [-0.1, -0.05) is 23.8 Å². The fraction of sp³-hybridized carbons (Fsp3) is 0.333. The van der Waals surface area contributed by atoms with Crippen molar-refractivity contribution in [1.29, 1.82) is 0 Å². The van der Waals surface area contributed by atoms with Crippen molar-refractivity contribution in [2.45, 2.75) is 45.4 Å². The summed E-state index contributed by atoms with van der Waals surface area (Å²) in [5, 5.41) is 11.1. The monoisotopic (exact) mass is 338 g/mol. The normalized spacial score (nSPS) is 15.5. The van der Waals surface area contributed by atoms with Crippen LogP contribution >= 0.6 is 0 Å². The number of rotatable bonds is 8. The van der Waals surface area contributed by atoms with E-state index in [0.29, 0.717) is 37.9 Å². The lowest BCUT2D eigenvalue weighted by Gasteiger charge is -2.13. The molecular formula is C21H22O4. The molecule has 2 radical (unpaired) electrons. The Bertz CT molecular complexity index is 693. The molecule has 0 atom stereocenters. The lowest BCUT2D eigenvalue weighted by molar-refractivity contribution is -0.139. The highest BCUT2D eigenvalue weighted by Gasteiger charge is 2.10. The summed E-state index contributed by atoms with van der Waals surface area (Å²) < 4.78 is 5.31. The van der Waals surface area contributed by atoms with E-state index in [4.69, 9.17) is 4.74 Å². The molecule has 0 amide bonds. The first-order chi connectivity index (χ1) is 12.1. The van der Waals surface area contributed by atoms with Gasteiger partial charge in [-0.15, -0.1) is 0 Å². The molecule has 1 aliphatic rings. The Labute approximate surface area is 148 Å². The van der Waals surface area contributed by atoms with Gasteiger partial charge in [-0.25, -0.2) is 0 Å². The number of benzene rings is 1. The zero-order chi connectivity index (χ0) is 18.1. The second kappa shape index (κ2) is 9.62. The van der Waals surface area contributed by atoms with E-state index in [1.807, 2.05) is 30.6 Å². The van der Waals surface area contributed by atoms with Crippen LogP contribution in [0.3, 0.4) is 0 Å². The van der Waals surface area contributed by atoms with Crippen molar-refractivity contribution < 1.29 is 19.4 Å². The molecule has 4 heteroatoms. The van der Waals surface area contributed by atoms with E-state index in [2.05, 4.69) is 6.92 Å². The molecule has 4 nitrogen and oxygen atoms in total. The van der Waals surface area contributed by atoms with E-state index in [9.17, 15) is 14.7 Å². The summed E-state index contributed by atoms with van der Waals surface area (Å²) in [5.41, 5.74) is 3.51. The first kappa shape index (κ1) is 18.7. The van der Waals surface area contributed by atoms with Gasteiger partial charge in [0.15, 0.2) is 12.0 Å². The third kappa shape index (κ3) is 6.42. The third-order valence-corrected chi connectivity index (χ3v) is 4.05. The minimum Gasteiger partial charge on any atom is -0.427 e. The quantitative estimate of drug-likeness (QED) is 0.508. The number of esters is 1. The summed E-state index contributed by atoms with van der Waals surface area (Å²) in [6, 6.07) is 6.86. The number of hydrogen-bond acceptors (Lipinski definition) is 3. The number of ether oxygens (including phenoxy) is 1. The van der Waals surface area contributed by atoms with Gasteiger partial charge < -0.3 is 4.74 Å². The molecule has 0 aliphatic heterocycles. The summed E-state index contributed by atoms with van der Waals surface area (Å²) in [6.45, 7) is 2.07. The van der Waals surface area contributed by atoms with E-state index in [1.54, 1.807) is 18.2 Å². The Balaban J connectivity index is 1.84. The number of allylic oxidation sites excluding steroid dienone is 5. The van der Waals surface area contributed by atoms with Crippen LogP contribution in [0.15, 0.2) is 59.4 Å². The SMILES string of the molecule is CC(Cc1ccc([O])cc1)=C1C=CC(OC(=O)CCCC[C]=O)=CC1. The van der Waals surface area contributed by atoms with Crippen LogP contribution < -0.4 is 0 Å². The molecule has 0 bridgehead atoms. The van der Waals surface area contributed by atoms with Gasteiger partial charge in [0.25, 0.3) is 0 Å². The molecule has 1 aromatic carbocycles. The number of unbranched alkanes of at least 4 members (excludes halogenated alkanes) is 2. The highest BCUT2D eigenvalue weighted by molar-refractivity contribution is 5.71. The molecule has 2 rings (SSSR count). The fourth-order valence-electron chi connectivity index (χ4n) is 2.60. The Kier molecular flexibility index (Phi) is 7.20. The molecule has 0 heterocycles. The molecule has 0 aromatic heterocycles. The van der Waals surface area contributed by atoms with Crippen LogP contribution in [0.25, 0.3) is 0 Å². The van der Waals surface area contributed by atoms with Gasteiger partial charge in [0.1, 0.15) is 5.76 Å². The molecule has 0 unspecified atom stereocenters. The summed E-state index contributed by atoms with van der Waals surface area (Å²) in [5.74, 6) is 0.313. The maximum absolute atomic E-state index is 11.7. The summed E-state index contributed by atoms with van der Waals surface area (Å²) in [4.78, 5) is 21.8. The molecule has 0 saturated heterocycles. The molecule has 0 N–H and O–H groups in total. The Morgan fingerprint density at radius 3 is 2.56 bits per heavy atom. The molecule has 1 aliphatic carbocycles. The van der Waals surface area contributed by atoms with Gasteiger partial charge in [0.2, 0.25) is 0 Å².